The van der Waals surface area contributed by atoms with Crippen molar-refractivity contribution in [3.8, 4) is 0 Å². The highest BCUT2D eigenvalue weighted by Crippen LogP contribution is 2.34. The Morgan fingerprint density at radius 3 is 2.68 bits per heavy atom. The number of carbonyl (C=O) groups is 2. The van der Waals surface area contributed by atoms with Gasteiger partial charge in [-0.05, 0) is 42.7 Å². The quantitative estimate of drug-likeness (QED) is 0.746. The van der Waals surface area contributed by atoms with Crippen LogP contribution in [0.2, 0.25) is 0 Å². The minimum absolute atomic E-state index is 0.0685. The number of rotatable bonds is 7. The summed E-state index contributed by atoms with van der Waals surface area (Å²) in [5.41, 5.74) is 2.37. The second-order valence-corrected chi connectivity index (χ2v) is 8.59. The number of nitrogens with one attached hydrogen (secondary N) is 1. The van der Waals surface area contributed by atoms with Crippen molar-refractivity contribution in [2.75, 3.05) is 19.8 Å². The number of hydrogen-bond donors (Lipinski definition) is 2. The Morgan fingerprint density at radius 1 is 1.36 bits per heavy atom. The number of amides is 1. The molecule has 2 rings (SSSR count). The van der Waals surface area contributed by atoms with Crippen molar-refractivity contribution < 1.29 is 23.1 Å². The first-order valence-corrected chi connectivity index (χ1v) is 10.0. The maximum Gasteiger partial charge on any atom is 0.326 e. The number of carboxylic acids is 1. The lowest BCUT2D eigenvalue weighted by Gasteiger charge is -2.28. The number of benzene rings is 1. The molecule has 0 bridgehead atoms. The van der Waals surface area contributed by atoms with Crippen LogP contribution >= 0.6 is 0 Å². The minimum Gasteiger partial charge on any atom is -0.480 e. The number of sulfonamides is 1. The van der Waals surface area contributed by atoms with Crippen LogP contribution in [0.5, 0.6) is 0 Å². The molecule has 0 saturated carbocycles. The summed E-state index contributed by atoms with van der Waals surface area (Å²) in [5.74, 6) is -1.66. The molecule has 2 N–H and O–H groups in total. The molecular formula is C17H24N2O5S. The third kappa shape index (κ3) is 5.27. The molecule has 2 unspecified atom stereocenters. The van der Waals surface area contributed by atoms with Gasteiger partial charge in [0.25, 0.3) is 0 Å². The Labute approximate surface area is 148 Å². The zero-order valence-electron chi connectivity index (χ0n) is 14.4. The second-order valence-electron chi connectivity index (χ2n) is 6.50. The number of carboxylic acid groups (broad SMARTS) is 1. The van der Waals surface area contributed by atoms with E-state index < -0.39 is 34.5 Å². The van der Waals surface area contributed by atoms with Gasteiger partial charge in [-0.25, -0.2) is 13.2 Å². The highest BCUT2D eigenvalue weighted by molar-refractivity contribution is 7.88. The Hall–Kier alpha value is -1.93. The molecule has 2 atom stereocenters. The van der Waals surface area contributed by atoms with Crippen molar-refractivity contribution in [1.82, 2.24) is 9.62 Å². The van der Waals surface area contributed by atoms with Crippen LogP contribution in [0.15, 0.2) is 24.3 Å². The lowest BCUT2D eigenvalue weighted by molar-refractivity contribution is -0.142. The van der Waals surface area contributed by atoms with E-state index in [4.69, 9.17) is 0 Å². The molecule has 0 spiro atoms. The van der Waals surface area contributed by atoms with E-state index in [-0.39, 0.29) is 5.92 Å². The summed E-state index contributed by atoms with van der Waals surface area (Å²) < 4.78 is 23.6. The van der Waals surface area contributed by atoms with Gasteiger partial charge in [0.1, 0.15) is 6.04 Å². The van der Waals surface area contributed by atoms with Crippen molar-refractivity contribution in [1.29, 1.82) is 0 Å². The average molecular weight is 368 g/mol. The molecule has 0 aliphatic heterocycles. The molecule has 25 heavy (non-hydrogen) atoms. The normalized spacial score (nSPS) is 18.4. The first-order chi connectivity index (χ1) is 11.7. The van der Waals surface area contributed by atoms with Crippen LogP contribution in [0.4, 0.5) is 0 Å². The summed E-state index contributed by atoms with van der Waals surface area (Å²) in [5, 5.41) is 11.9. The molecule has 1 aromatic carbocycles. The van der Waals surface area contributed by atoms with Crippen LogP contribution in [-0.2, 0) is 26.0 Å². The summed E-state index contributed by atoms with van der Waals surface area (Å²) in [6, 6.07) is 6.93. The molecule has 0 heterocycles. The lowest BCUT2D eigenvalue weighted by atomic mass is 9.79. The van der Waals surface area contributed by atoms with Crippen LogP contribution in [0.1, 0.15) is 36.3 Å². The third-order valence-electron chi connectivity index (χ3n) is 4.58. The Morgan fingerprint density at radius 2 is 2.04 bits per heavy atom. The molecule has 8 heteroatoms. The zero-order chi connectivity index (χ0) is 18.6. The SMILES string of the molecule is CN(CC(=O)NC(CC1CCCc2ccccc21)C(=O)O)S(C)(=O)=O. The van der Waals surface area contributed by atoms with Gasteiger partial charge < -0.3 is 10.4 Å². The summed E-state index contributed by atoms with van der Waals surface area (Å²) in [7, 11) is -2.22. The summed E-state index contributed by atoms with van der Waals surface area (Å²) in [6.07, 6.45) is 4.13. The Bertz CT molecular complexity index is 747. The highest BCUT2D eigenvalue weighted by Gasteiger charge is 2.28. The molecule has 0 radical (unpaired) electrons. The number of likely N-dealkylation sites (N-methyl/N-ethyl adjacent to an activating group) is 1. The highest BCUT2D eigenvalue weighted by atomic mass is 32.2. The maximum atomic E-state index is 12.0. The summed E-state index contributed by atoms with van der Waals surface area (Å²) in [6.45, 7) is -0.399. The molecule has 0 aromatic heterocycles. The molecule has 1 aromatic rings. The molecule has 7 nitrogen and oxygen atoms in total. The number of aryl methyl sites for hydroxylation is 1. The van der Waals surface area contributed by atoms with Gasteiger partial charge in [-0.2, -0.15) is 4.31 Å². The third-order valence-corrected chi connectivity index (χ3v) is 5.84. The monoisotopic (exact) mass is 368 g/mol. The van der Waals surface area contributed by atoms with Gasteiger partial charge in [-0.1, -0.05) is 24.3 Å². The molecule has 0 fully saturated rings. The minimum atomic E-state index is -3.50. The zero-order valence-corrected chi connectivity index (χ0v) is 15.3. The van der Waals surface area contributed by atoms with Gasteiger partial charge in [-0.15, -0.1) is 0 Å². The molecule has 138 valence electrons. The fraction of sp³-hybridized carbons (Fsp3) is 0.529. The molecule has 1 amide bonds. The first kappa shape index (κ1) is 19.4. The van der Waals surface area contributed by atoms with Crippen molar-refractivity contribution in [2.24, 2.45) is 0 Å². The largest absolute Gasteiger partial charge is 0.480 e. The van der Waals surface area contributed by atoms with Gasteiger partial charge in [0.15, 0.2) is 0 Å². The maximum absolute atomic E-state index is 12.0. The smallest absolute Gasteiger partial charge is 0.326 e. The van der Waals surface area contributed by atoms with Crippen LogP contribution in [-0.4, -0.2) is 55.6 Å². The van der Waals surface area contributed by atoms with E-state index in [9.17, 15) is 23.1 Å². The molecular weight excluding hydrogens is 344 g/mol. The van der Waals surface area contributed by atoms with E-state index >= 15 is 0 Å². The topological polar surface area (TPSA) is 104 Å². The summed E-state index contributed by atoms with van der Waals surface area (Å²) in [4.78, 5) is 23.6. The van der Waals surface area contributed by atoms with Crippen LogP contribution in [0, 0.1) is 0 Å². The Balaban J connectivity index is 2.05. The van der Waals surface area contributed by atoms with Gasteiger partial charge in [0.2, 0.25) is 15.9 Å². The van der Waals surface area contributed by atoms with E-state index in [1.54, 1.807) is 0 Å². The van der Waals surface area contributed by atoms with E-state index in [2.05, 4.69) is 11.4 Å². The van der Waals surface area contributed by atoms with Crippen molar-refractivity contribution >= 4 is 21.9 Å². The number of hydrogen-bond acceptors (Lipinski definition) is 4. The predicted octanol–water partition coefficient (Wildman–Crippen LogP) is 0.957. The van der Waals surface area contributed by atoms with Gasteiger partial charge in [0, 0.05) is 7.05 Å². The molecule has 0 saturated heterocycles. The van der Waals surface area contributed by atoms with Crippen LogP contribution in [0.25, 0.3) is 0 Å². The van der Waals surface area contributed by atoms with Crippen molar-refractivity contribution in [2.45, 2.75) is 37.6 Å². The van der Waals surface area contributed by atoms with E-state index in [0.717, 1.165) is 35.4 Å². The number of fused-ring (bicyclic) bond motifs is 1. The van der Waals surface area contributed by atoms with Crippen LogP contribution < -0.4 is 5.32 Å². The van der Waals surface area contributed by atoms with Crippen LogP contribution in [0.3, 0.4) is 0 Å². The van der Waals surface area contributed by atoms with Crippen molar-refractivity contribution in [3.63, 3.8) is 0 Å². The fourth-order valence-electron chi connectivity index (χ4n) is 3.16. The molecule has 1 aliphatic carbocycles. The predicted molar refractivity (Wildman–Crippen MR) is 93.8 cm³/mol. The average Bonchev–Trinajstić information content (AvgIpc) is 2.53. The first-order valence-electron chi connectivity index (χ1n) is 8.19. The van der Waals surface area contributed by atoms with E-state index in [1.165, 1.54) is 12.6 Å². The number of nitrogens with zero attached hydrogens (tertiary/aromatic N) is 1. The number of aliphatic carboxylic acids is 1. The Kier molecular flexibility index (Phi) is 6.18. The molecule has 1 aliphatic rings. The standard InChI is InChI=1S/C17H24N2O5S/c1-19(25(2,23)24)11-16(20)18-15(17(21)22)10-13-8-5-7-12-6-3-4-9-14(12)13/h3-4,6,9,13,15H,5,7-8,10-11H2,1-2H3,(H,18,20)(H,21,22). The summed E-state index contributed by atoms with van der Waals surface area (Å²) >= 11 is 0. The van der Waals surface area contributed by atoms with Gasteiger partial charge in [0.05, 0.1) is 12.8 Å². The second kappa shape index (κ2) is 7.97. The van der Waals surface area contributed by atoms with Gasteiger partial charge >= 0.3 is 5.97 Å². The number of carbonyl (C=O) groups excluding carboxylic acids is 1. The van der Waals surface area contributed by atoms with Gasteiger partial charge in [-0.3, -0.25) is 4.79 Å². The van der Waals surface area contributed by atoms with E-state index in [0.29, 0.717) is 6.42 Å². The van der Waals surface area contributed by atoms with E-state index in [1.807, 2.05) is 18.2 Å². The van der Waals surface area contributed by atoms with Crippen molar-refractivity contribution in [3.05, 3.63) is 35.4 Å². The lowest BCUT2D eigenvalue weighted by Crippen LogP contribution is -2.46. The fourth-order valence-corrected chi connectivity index (χ4v) is 3.52.